The molecule has 0 amide bonds. The second kappa shape index (κ2) is 4.25. The molecule has 18 heavy (non-hydrogen) atoms. The maximum absolute atomic E-state index is 12.4. The Hall–Kier alpha value is -1.61. The Morgan fingerprint density at radius 3 is 2.72 bits per heavy atom. The largest absolute Gasteiger partial charge is 0.398 e. The predicted molar refractivity (Wildman–Crippen MR) is 75.8 cm³/mol. The highest BCUT2D eigenvalue weighted by Gasteiger charge is 2.32. The van der Waals surface area contributed by atoms with Crippen molar-refractivity contribution in [2.45, 2.75) is 12.3 Å². The van der Waals surface area contributed by atoms with Crippen molar-refractivity contribution in [3.8, 4) is 0 Å². The number of rotatable bonds is 2. The first-order valence-corrected chi connectivity index (χ1v) is 6.63. The van der Waals surface area contributed by atoms with Crippen LogP contribution in [0.3, 0.4) is 0 Å². The number of benzene rings is 2. The molecule has 0 saturated carbocycles. The fraction of sp³-hybridized carbons (Fsp3) is 0.133. The van der Waals surface area contributed by atoms with E-state index in [1.54, 1.807) is 18.2 Å². The van der Waals surface area contributed by atoms with Crippen molar-refractivity contribution in [1.29, 1.82) is 0 Å². The molecule has 0 radical (unpaired) electrons. The third-order valence-corrected chi connectivity index (χ3v) is 4.14. The maximum Gasteiger partial charge on any atom is 0.170 e. The smallest absolute Gasteiger partial charge is 0.170 e. The van der Waals surface area contributed by atoms with Crippen molar-refractivity contribution in [2.75, 3.05) is 5.73 Å². The summed E-state index contributed by atoms with van der Waals surface area (Å²) >= 11 is 3.36. The molecule has 3 rings (SSSR count). The number of hydrogen-bond donors (Lipinski definition) is 1. The van der Waals surface area contributed by atoms with Gasteiger partial charge in [-0.15, -0.1) is 0 Å². The first-order valence-electron chi connectivity index (χ1n) is 5.84. The average Bonchev–Trinajstić information content (AvgIpc) is 2.34. The third kappa shape index (κ3) is 1.75. The number of carbonyl (C=O) groups excluding carboxylic acids is 1. The van der Waals surface area contributed by atoms with Crippen LogP contribution < -0.4 is 5.73 Å². The number of Topliss-reactive ketones (excluding diaryl/α,β-unsaturated/α-hetero) is 1. The van der Waals surface area contributed by atoms with E-state index in [1.165, 1.54) is 5.56 Å². The van der Waals surface area contributed by atoms with Crippen LogP contribution in [0.25, 0.3) is 0 Å². The Balaban J connectivity index is 1.91. The molecule has 3 heteroatoms. The number of carbonyl (C=O) groups is 1. The monoisotopic (exact) mass is 301 g/mol. The van der Waals surface area contributed by atoms with Gasteiger partial charge in [0.15, 0.2) is 5.78 Å². The number of nitrogen functional groups attached to an aromatic ring is 1. The van der Waals surface area contributed by atoms with Crippen molar-refractivity contribution in [3.05, 3.63) is 63.6 Å². The summed E-state index contributed by atoms with van der Waals surface area (Å²) in [6.07, 6.45) is 0.844. The minimum atomic E-state index is 0.0109. The summed E-state index contributed by atoms with van der Waals surface area (Å²) < 4.78 is 0.779. The summed E-state index contributed by atoms with van der Waals surface area (Å²) in [5.74, 6) is 0.186. The van der Waals surface area contributed by atoms with Crippen LogP contribution in [0.2, 0.25) is 0 Å². The lowest BCUT2D eigenvalue weighted by molar-refractivity contribution is 0.0949. The van der Waals surface area contributed by atoms with Crippen LogP contribution >= 0.6 is 15.9 Å². The van der Waals surface area contributed by atoms with Crippen LogP contribution in [-0.4, -0.2) is 5.78 Å². The van der Waals surface area contributed by atoms with E-state index in [2.05, 4.69) is 22.0 Å². The molecule has 0 aliphatic heterocycles. The Bertz CT molecular complexity index is 636. The van der Waals surface area contributed by atoms with E-state index in [4.69, 9.17) is 5.73 Å². The SMILES string of the molecule is Nc1ccc(C(=O)C2Cc3ccccc32)cc1Br. The quantitative estimate of drug-likeness (QED) is 0.681. The fourth-order valence-corrected chi connectivity index (χ4v) is 2.75. The molecule has 90 valence electrons. The molecule has 0 aromatic heterocycles. The van der Waals surface area contributed by atoms with E-state index in [0.29, 0.717) is 5.69 Å². The van der Waals surface area contributed by atoms with Crippen molar-refractivity contribution in [3.63, 3.8) is 0 Å². The summed E-state index contributed by atoms with van der Waals surface area (Å²) in [5.41, 5.74) is 9.55. The topological polar surface area (TPSA) is 43.1 Å². The number of anilines is 1. The van der Waals surface area contributed by atoms with Gasteiger partial charge >= 0.3 is 0 Å². The van der Waals surface area contributed by atoms with Gasteiger partial charge in [-0.05, 0) is 51.7 Å². The summed E-state index contributed by atoms with van der Waals surface area (Å²) in [5, 5.41) is 0. The summed E-state index contributed by atoms with van der Waals surface area (Å²) in [6.45, 7) is 0. The second-order valence-corrected chi connectivity index (χ2v) is 5.41. The lowest BCUT2D eigenvalue weighted by Crippen LogP contribution is -2.25. The predicted octanol–water partition coefficient (Wildman–Crippen LogP) is 3.55. The molecule has 0 heterocycles. The van der Waals surface area contributed by atoms with Gasteiger partial charge in [0.2, 0.25) is 0 Å². The van der Waals surface area contributed by atoms with Crippen LogP contribution in [0.1, 0.15) is 27.4 Å². The van der Waals surface area contributed by atoms with E-state index in [1.807, 2.05) is 18.2 Å². The number of halogens is 1. The van der Waals surface area contributed by atoms with Gasteiger partial charge in [-0.3, -0.25) is 4.79 Å². The second-order valence-electron chi connectivity index (χ2n) is 4.56. The van der Waals surface area contributed by atoms with Crippen LogP contribution in [-0.2, 0) is 6.42 Å². The highest BCUT2D eigenvalue weighted by Crippen LogP contribution is 2.37. The van der Waals surface area contributed by atoms with Crippen molar-refractivity contribution in [2.24, 2.45) is 0 Å². The Labute approximate surface area is 114 Å². The van der Waals surface area contributed by atoms with Gasteiger partial charge in [0.1, 0.15) is 0 Å². The van der Waals surface area contributed by atoms with Crippen LogP contribution in [0.15, 0.2) is 46.9 Å². The van der Waals surface area contributed by atoms with Gasteiger partial charge in [0.05, 0.1) is 5.92 Å². The lowest BCUT2D eigenvalue weighted by atomic mass is 9.74. The van der Waals surface area contributed by atoms with Crippen molar-refractivity contribution >= 4 is 27.4 Å². The zero-order valence-electron chi connectivity index (χ0n) is 9.69. The van der Waals surface area contributed by atoms with E-state index < -0.39 is 0 Å². The third-order valence-electron chi connectivity index (χ3n) is 3.46. The number of hydrogen-bond acceptors (Lipinski definition) is 2. The van der Waals surface area contributed by atoms with Gasteiger partial charge in [0, 0.05) is 15.7 Å². The molecular weight excluding hydrogens is 290 g/mol. The number of fused-ring (bicyclic) bond motifs is 1. The van der Waals surface area contributed by atoms with Crippen LogP contribution in [0.5, 0.6) is 0 Å². The van der Waals surface area contributed by atoms with E-state index in [-0.39, 0.29) is 11.7 Å². The molecule has 1 aliphatic rings. The number of ketones is 1. The minimum Gasteiger partial charge on any atom is -0.398 e. The molecule has 2 nitrogen and oxygen atoms in total. The Morgan fingerprint density at radius 1 is 1.22 bits per heavy atom. The van der Waals surface area contributed by atoms with E-state index in [9.17, 15) is 4.79 Å². The molecule has 0 bridgehead atoms. The van der Waals surface area contributed by atoms with Gasteiger partial charge in [-0.1, -0.05) is 24.3 Å². The molecule has 2 aromatic rings. The lowest BCUT2D eigenvalue weighted by Gasteiger charge is -2.28. The zero-order chi connectivity index (χ0) is 12.7. The highest BCUT2D eigenvalue weighted by atomic mass is 79.9. The van der Waals surface area contributed by atoms with Crippen LogP contribution in [0.4, 0.5) is 5.69 Å². The Kier molecular flexibility index (Phi) is 2.71. The van der Waals surface area contributed by atoms with Gasteiger partial charge in [-0.2, -0.15) is 0 Å². The highest BCUT2D eigenvalue weighted by molar-refractivity contribution is 9.10. The average molecular weight is 302 g/mol. The van der Waals surface area contributed by atoms with Crippen molar-refractivity contribution in [1.82, 2.24) is 0 Å². The normalized spacial score (nSPS) is 16.8. The molecule has 0 fully saturated rings. The Morgan fingerprint density at radius 2 is 2.00 bits per heavy atom. The molecule has 2 aromatic carbocycles. The molecule has 1 atom stereocenters. The van der Waals surface area contributed by atoms with E-state index >= 15 is 0 Å². The zero-order valence-corrected chi connectivity index (χ0v) is 11.3. The summed E-state index contributed by atoms with van der Waals surface area (Å²) in [6, 6.07) is 13.5. The summed E-state index contributed by atoms with van der Waals surface area (Å²) in [4.78, 5) is 12.4. The fourth-order valence-electron chi connectivity index (χ4n) is 2.37. The first-order chi connectivity index (χ1) is 8.66. The molecular formula is C15H12BrNO. The van der Waals surface area contributed by atoms with Crippen LogP contribution in [0, 0.1) is 0 Å². The first kappa shape index (κ1) is 11.5. The number of nitrogens with two attached hydrogens (primary N) is 1. The molecule has 0 saturated heterocycles. The molecule has 1 aliphatic carbocycles. The van der Waals surface area contributed by atoms with Gasteiger partial charge in [-0.25, -0.2) is 0 Å². The molecule has 0 spiro atoms. The van der Waals surface area contributed by atoms with Crippen molar-refractivity contribution < 1.29 is 4.79 Å². The minimum absolute atomic E-state index is 0.0109. The molecule has 2 N–H and O–H groups in total. The maximum atomic E-state index is 12.4. The molecule has 1 unspecified atom stereocenters. The van der Waals surface area contributed by atoms with E-state index in [0.717, 1.165) is 22.0 Å². The standard InChI is InChI=1S/C15H12BrNO/c16-13-8-10(5-6-14(13)17)15(18)12-7-9-3-1-2-4-11(9)12/h1-6,8,12H,7,17H2. The summed E-state index contributed by atoms with van der Waals surface area (Å²) in [7, 11) is 0. The van der Waals surface area contributed by atoms with Gasteiger partial charge < -0.3 is 5.73 Å². The van der Waals surface area contributed by atoms with Gasteiger partial charge in [0.25, 0.3) is 0 Å².